The highest BCUT2D eigenvalue weighted by molar-refractivity contribution is 6.42. The summed E-state index contributed by atoms with van der Waals surface area (Å²) in [6.07, 6.45) is 1.17. The Bertz CT molecular complexity index is 793. The Balaban J connectivity index is 2.21. The van der Waals surface area contributed by atoms with Crippen molar-refractivity contribution in [3.8, 4) is 17.2 Å². The van der Waals surface area contributed by atoms with Gasteiger partial charge >= 0.3 is 0 Å². The van der Waals surface area contributed by atoms with E-state index in [0.29, 0.717) is 5.02 Å². The fourth-order valence-electron chi connectivity index (χ4n) is 1.71. The fourth-order valence-corrected chi connectivity index (χ4v) is 2.00. The molecule has 0 aliphatic rings. The van der Waals surface area contributed by atoms with E-state index in [4.69, 9.17) is 23.2 Å². The minimum atomic E-state index is -0.660. The molecular weight excluding hydrogens is 343 g/mol. The van der Waals surface area contributed by atoms with E-state index >= 15 is 0 Å². The summed E-state index contributed by atoms with van der Waals surface area (Å²) in [5.41, 5.74) is 0.422. The average Bonchev–Trinajstić information content (AvgIpc) is 2.53. The van der Waals surface area contributed by atoms with Crippen LogP contribution in [0, 0.1) is 0 Å². The lowest BCUT2D eigenvalue weighted by molar-refractivity contribution is 0.0800. The lowest BCUT2D eigenvalue weighted by Gasteiger charge is -2.11. The lowest BCUT2D eigenvalue weighted by Crippen LogP contribution is -2.21. The molecule has 2 aromatic carbocycles. The Labute approximate surface area is 141 Å². The SMILES string of the molecule is CN(N=Cc1ccc(O)c(O)c1O)C(=O)c1ccc(Cl)c(Cl)c1. The molecule has 0 atom stereocenters. The van der Waals surface area contributed by atoms with Crippen molar-refractivity contribution in [2.75, 3.05) is 7.05 Å². The van der Waals surface area contributed by atoms with E-state index in [9.17, 15) is 20.1 Å². The van der Waals surface area contributed by atoms with Gasteiger partial charge < -0.3 is 15.3 Å². The number of halogens is 2. The van der Waals surface area contributed by atoms with Crippen LogP contribution in [0.1, 0.15) is 15.9 Å². The number of phenolic OH excluding ortho intramolecular Hbond substituents is 3. The predicted octanol–water partition coefficient (Wildman–Crippen LogP) is 3.22. The second-order valence-corrected chi connectivity index (χ2v) is 5.39. The van der Waals surface area contributed by atoms with Crippen molar-refractivity contribution in [3.63, 3.8) is 0 Å². The monoisotopic (exact) mass is 354 g/mol. The first-order chi connectivity index (χ1) is 10.8. The van der Waals surface area contributed by atoms with Gasteiger partial charge in [0, 0.05) is 18.2 Å². The van der Waals surface area contributed by atoms with Crippen molar-refractivity contribution in [3.05, 3.63) is 51.5 Å². The Hall–Kier alpha value is -2.44. The molecule has 0 radical (unpaired) electrons. The first-order valence-corrected chi connectivity index (χ1v) is 7.08. The van der Waals surface area contributed by atoms with E-state index in [1.807, 2.05) is 0 Å². The van der Waals surface area contributed by atoms with Gasteiger partial charge in [0.1, 0.15) is 0 Å². The van der Waals surface area contributed by atoms with Crippen LogP contribution in [0.5, 0.6) is 17.2 Å². The predicted molar refractivity (Wildman–Crippen MR) is 87.6 cm³/mol. The second-order valence-electron chi connectivity index (χ2n) is 4.57. The van der Waals surface area contributed by atoms with Gasteiger partial charge in [0.05, 0.1) is 16.3 Å². The van der Waals surface area contributed by atoms with Gasteiger partial charge in [-0.2, -0.15) is 5.10 Å². The Morgan fingerprint density at radius 1 is 1.09 bits per heavy atom. The maximum Gasteiger partial charge on any atom is 0.273 e. The smallest absolute Gasteiger partial charge is 0.273 e. The number of carbonyl (C=O) groups excluding carboxylic acids is 1. The summed E-state index contributed by atoms with van der Waals surface area (Å²) in [7, 11) is 1.42. The molecule has 0 saturated carbocycles. The fraction of sp³-hybridized carbons (Fsp3) is 0.0667. The number of carbonyl (C=O) groups is 1. The van der Waals surface area contributed by atoms with E-state index in [2.05, 4.69) is 5.10 Å². The molecule has 0 aliphatic carbocycles. The van der Waals surface area contributed by atoms with Gasteiger partial charge in [0.25, 0.3) is 5.91 Å². The van der Waals surface area contributed by atoms with Gasteiger partial charge in [0.2, 0.25) is 5.75 Å². The number of amides is 1. The third-order valence-corrected chi connectivity index (χ3v) is 3.73. The molecule has 2 rings (SSSR count). The van der Waals surface area contributed by atoms with Crippen molar-refractivity contribution >= 4 is 35.3 Å². The van der Waals surface area contributed by atoms with E-state index in [1.54, 1.807) is 0 Å². The third-order valence-electron chi connectivity index (χ3n) is 2.99. The first-order valence-electron chi connectivity index (χ1n) is 6.32. The van der Waals surface area contributed by atoms with Crippen molar-refractivity contribution in [2.45, 2.75) is 0 Å². The van der Waals surface area contributed by atoms with Crippen molar-refractivity contribution in [1.29, 1.82) is 0 Å². The number of hydrogen-bond donors (Lipinski definition) is 3. The van der Waals surface area contributed by atoms with Gasteiger partial charge in [0.15, 0.2) is 11.5 Å². The van der Waals surface area contributed by atoms with Crippen LogP contribution in [0.3, 0.4) is 0 Å². The topological polar surface area (TPSA) is 93.4 Å². The second kappa shape index (κ2) is 6.76. The highest BCUT2D eigenvalue weighted by atomic mass is 35.5. The van der Waals surface area contributed by atoms with Crippen LogP contribution in [0.25, 0.3) is 0 Å². The van der Waals surface area contributed by atoms with E-state index in [-0.39, 0.29) is 16.1 Å². The molecular formula is C15H12Cl2N2O4. The molecule has 8 heteroatoms. The largest absolute Gasteiger partial charge is 0.504 e. The molecule has 1 amide bonds. The summed E-state index contributed by atoms with van der Waals surface area (Å²) in [5, 5.41) is 33.8. The Kier molecular flexibility index (Phi) is 4.98. The summed E-state index contributed by atoms with van der Waals surface area (Å²) in [4.78, 5) is 12.2. The number of benzene rings is 2. The zero-order valence-corrected chi connectivity index (χ0v) is 13.4. The van der Waals surface area contributed by atoms with Crippen molar-refractivity contribution < 1.29 is 20.1 Å². The molecule has 0 saturated heterocycles. The van der Waals surface area contributed by atoms with Crippen molar-refractivity contribution in [1.82, 2.24) is 5.01 Å². The minimum absolute atomic E-state index is 0.133. The number of nitrogens with zero attached hydrogens (tertiary/aromatic N) is 2. The maximum absolute atomic E-state index is 12.2. The van der Waals surface area contributed by atoms with Crippen LogP contribution in [-0.2, 0) is 0 Å². The van der Waals surface area contributed by atoms with Crippen LogP contribution in [0.2, 0.25) is 10.0 Å². The molecule has 0 spiro atoms. The molecule has 120 valence electrons. The van der Waals surface area contributed by atoms with E-state index in [0.717, 1.165) is 5.01 Å². The highest BCUT2D eigenvalue weighted by Gasteiger charge is 2.13. The van der Waals surface area contributed by atoms with Gasteiger partial charge in [-0.05, 0) is 30.3 Å². The molecule has 6 nitrogen and oxygen atoms in total. The van der Waals surface area contributed by atoms with Gasteiger partial charge in [-0.1, -0.05) is 23.2 Å². The number of rotatable bonds is 3. The molecule has 0 bridgehead atoms. The summed E-state index contributed by atoms with van der Waals surface area (Å²) in [5.74, 6) is -2.10. The van der Waals surface area contributed by atoms with E-state index in [1.165, 1.54) is 43.6 Å². The van der Waals surface area contributed by atoms with Gasteiger partial charge in [-0.3, -0.25) is 4.79 Å². The molecule has 3 N–H and O–H groups in total. The maximum atomic E-state index is 12.2. The zero-order chi connectivity index (χ0) is 17.1. The van der Waals surface area contributed by atoms with Crippen LogP contribution in [-0.4, -0.2) is 39.5 Å². The normalized spacial score (nSPS) is 10.9. The Morgan fingerprint density at radius 3 is 2.43 bits per heavy atom. The number of hydrogen-bond acceptors (Lipinski definition) is 5. The molecule has 2 aromatic rings. The van der Waals surface area contributed by atoms with Crippen LogP contribution in [0.15, 0.2) is 35.4 Å². The number of phenols is 3. The number of hydrazone groups is 1. The minimum Gasteiger partial charge on any atom is -0.504 e. The van der Waals surface area contributed by atoms with Gasteiger partial charge in [-0.25, -0.2) is 5.01 Å². The lowest BCUT2D eigenvalue weighted by atomic mass is 10.2. The zero-order valence-electron chi connectivity index (χ0n) is 11.9. The van der Waals surface area contributed by atoms with Crippen LogP contribution >= 0.6 is 23.2 Å². The summed E-state index contributed by atoms with van der Waals surface area (Å²) in [6.45, 7) is 0. The molecule has 0 heterocycles. The molecule has 0 fully saturated rings. The molecule has 0 unspecified atom stereocenters. The van der Waals surface area contributed by atoms with Crippen LogP contribution in [0.4, 0.5) is 0 Å². The Morgan fingerprint density at radius 2 is 1.78 bits per heavy atom. The molecule has 0 aromatic heterocycles. The highest BCUT2D eigenvalue weighted by Crippen LogP contribution is 2.36. The molecule has 0 aliphatic heterocycles. The average molecular weight is 355 g/mol. The summed E-state index contributed by atoms with van der Waals surface area (Å²) >= 11 is 11.7. The standard InChI is InChI=1S/C15H12Cl2N2O4/c1-19(15(23)8-2-4-10(16)11(17)6-8)18-7-9-3-5-12(20)14(22)13(9)21/h2-7,20-22H,1H3. The summed E-state index contributed by atoms with van der Waals surface area (Å²) in [6, 6.07) is 6.95. The van der Waals surface area contributed by atoms with Crippen molar-refractivity contribution in [2.24, 2.45) is 5.10 Å². The van der Waals surface area contributed by atoms with Gasteiger partial charge in [-0.15, -0.1) is 0 Å². The summed E-state index contributed by atoms with van der Waals surface area (Å²) < 4.78 is 0. The first kappa shape index (κ1) is 16.9. The third kappa shape index (κ3) is 3.67. The van der Waals surface area contributed by atoms with E-state index < -0.39 is 23.2 Å². The number of aromatic hydroxyl groups is 3. The quantitative estimate of drug-likeness (QED) is 0.448. The molecule has 23 heavy (non-hydrogen) atoms. The van der Waals surface area contributed by atoms with Crippen LogP contribution < -0.4 is 0 Å².